The molecule has 0 saturated carbocycles. The van der Waals surface area contributed by atoms with Crippen LogP contribution < -0.4 is 0 Å². The molecule has 0 aromatic rings. The average Bonchev–Trinajstić information content (AvgIpc) is 2.72. The van der Waals surface area contributed by atoms with E-state index >= 15 is 0 Å². The summed E-state index contributed by atoms with van der Waals surface area (Å²) >= 11 is 1.45. The van der Waals surface area contributed by atoms with E-state index < -0.39 is 0 Å². The van der Waals surface area contributed by atoms with Crippen molar-refractivity contribution < 1.29 is 13.7 Å². The van der Waals surface area contributed by atoms with Gasteiger partial charge in [-0.15, -0.1) is 6.58 Å². The van der Waals surface area contributed by atoms with E-state index in [1.54, 1.807) is 18.6 Å². The first-order valence-corrected chi connectivity index (χ1v) is 5.33. The van der Waals surface area contributed by atoms with Gasteiger partial charge in [-0.1, -0.05) is 6.08 Å². The van der Waals surface area contributed by atoms with Crippen molar-refractivity contribution in [3.8, 4) is 0 Å². The van der Waals surface area contributed by atoms with Crippen LogP contribution in [-0.2, 0) is 13.7 Å². The molecule has 1 saturated heterocycles. The summed E-state index contributed by atoms with van der Waals surface area (Å²) < 4.78 is 16.1. The topological polar surface area (TPSA) is 27.7 Å². The fourth-order valence-electron chi connectivity index (χ4n) is 1.38. The maximum absolute atomic E-state index is 5.45. The van der Waals surface area contributed by atoms with Crippen LogP contribution in [-0.4, -0.2) is 11.9 Å². The molecule has 0 N–H and O–H groups in total. The quantitative estimate of drug-likeness (QED) is 0.531. The number of allylic oxidation sites excluding steroid dienone is 1. The van der Waals surface area contributed by atoms with E-state index in [0.717, 1.165) is 24.5 Å². The van der Waals surface area contributed by atoms with E-state index in [0.29, 0.717) is 6.42 Å². The lowest BCUT2D eigenvalue weighted by atomic mass is 10.2. The molecule has 1 fully saturated rings. The van der Waals surface area contributed by atoms with Crippen LogP contribution in [0, 0.1) is 0 Å². The molecule has 3 nitrogen and oxygen atoms in total. The normalized spacial score (nSPS) is 25.9. The summed E-state index contributed by atoms with van der Waals surface area (Å²) in [5.41, 5.74) is 0. The minimum absolute atomic E-state index is 0.259. The van der Waals surface area contributed by atoms with Gasteiger partial charge in [-0.05, 0) is 6.42 Å². The largest absolute Gasteiger partial charge is 0.462 e. The molecule has 0 aromatic carbocycles. The van der Waals surface area contributed by atoms with Gasteiger partial charge >= 0.3 is 0 Å². The Labute approximate surface area is 87.6 Å². The summed E-state index contributed by atoms with van der Waals surface area (Å²) in [6.45, 7) is 4.46. The van der Waals surface area contributed by atoms with Gasteiger partial charge < -0.3 is 13.7 Å². The van der Waals surface area contributed by atoms with Crippen molar-refractivity contribution in [2.24, 2.45) is 0 Å². The van der Waals surface area contributed by atoms with E-state index in [4.69, 9.17) is 13.7 Å². The van der Waals surface area contributed by atoms with Crippen molar-refractivity contribution in [3.63, 3.8) is 0 Å². The summed E-state index contributed by atoms with van der Waals surface area (Å²) in [7, 11) is 0. The van der Waals surface area contributed by atoms with E-state index in [1.165, 1.54) is 12.0 Å². The molecule has 14 heavy (non-hydrogen) atoms. The highest BCUT2D eigenvalue weighted by Crippen LogP contribution is 2.34. The van der Waals surface area contributed by atoms with Gasteiger partial charge in [0, 0.05) is 18.5 Å². The summed E-state index contributed by atoms with van der Waals surface area (Å²) in [6, 6.07) is 0. The highest BCUT2D eigenvalue weighted by atomic mass is 32.2. The molecule has 2 aliphatic rings. The Bertz CT molecular complexity index is 273. The molecule has 0 aliphatic carbocycles. The van der Waals surface area contributed by atoms with Crippen molar-refractivity contribution in [1.29, 1.82) is 0 Å². The van der Waals surface area contributed by atoms with Gasteiger partial charge in [-0.3, -0.25) is 0 Å². The molecule has 2 rings (SSSR count). The lowest BCUT2D eigenvalue weighted by Crippen LogP contribution is -2.11. The van der Waals surface area contributed by atoms with E-state index in [1.807, 2.05) is 0 Å². The molecule has 0 spiro atoms. The Hall–Kier alpha value is -0.870. The van der Waals surface area contributed by atoms with E-state index in [-0.39, 0.29) is 5.25 Å². The standard InChI is InChI=1S/C10H12O3S/c1-2-3-8-10(12-7-6-11-8)9-4-5-13-14-9/h2,6-7,9H,1,3-5H2. The zero-order valence-corrected chi connectivity index (χ0v) is 8.59. The maximum atomic E-state index is 5.45. The van der Waals surface area contributed by atoms with Crippen LogP contribution in [0.5, 0.6) is 0 Å². The summed E-state index contributed by atoms with van der Waals surface area (Å²) in [5, 5.41) is 0.259. The Morgan fingerprint density at radius 3 is 3.07 bits per heavy atom. The van der Waals surface area contributed by atoms with Gasteiger partial charge in [0.2, 0.25) is 0 Å². The van der Waals surface area contributed by atoms with Crippen LogP contribution in [0.15, 0.2) is 36.7 Å². The molecular formula is C10H12O3S. The molecule has 0 aromatic heterocycles. The molecular weight excluding hydrogens is 200 g/mol. The monoisotopic (exact) mass is 212 g/mol. The fraction of sp³-hybridized carbons (Fsp3) is 0.400. The number of ether oxygens (including phenoxy) is 2. The molecule has 2 heterocycles. The van der Waals surface area contributed by atoms with E-state index in [9.17, 15) is 0 Å². The second-order valence-electron chi connectivity index (χ2n) is 2.98. The SMILES string of the molecule is C=CCC1=C(C2CCOS2)OC=CO1. The second kappa shape index (κ2) is 4.57. The first-order valence-electron chi connectivity index (χ1n) is 4.52. The van der Waals surface area contributed by atoms with Crippen molar-refractivity contribution in [2.45, 2.75) is 18.1 Å². The highest BCUT2D eigenvalue weighted by Gasteiger charge is 2.27. The Kier molecular flexibility index (Phi) is 3.16. The minimum Gasteiger partial charge on any atom is -0.462 e. The molecule has 1 unspecified atom stereocenters. The van der Waals surface area contributed by atoms with Gasteiger partial charge in [-0.2, -0.15) is 0 Å². The van der Waals surface area contributed by atoms with Crippen LogP contribution in [0.1, 0.15) is 12.8 Å². The minimum atomic E-state index is 0.259. The Morgan fingerprint density at radius 2 is 2.36 bits per heavy atom. The third-order valence-corrected chi connectivity index (χ3v) is 2.99. The Morgan fingerprint density at radius 1 is 1.50 bits per heavy atom. The lowest BCUT2D eigenvalue weighted by molar-refractivity contribution is 0.215. The van der Waals surface area contributed by atoms with Crippen molar-refractivity contribution in [2.75, 3.05) is 6.61 Å². The molecule has 0 amide bonds. The third-order valence-electron chi connectivity index (χ3n) is 2.01. The summed E-state index contributed by atoms with van der Waals surface area (Å²) in [5.74, 6) is 1.71. The average molecular weight is 212 g/mol. The number of hydrogen-bond donors (Lipinski definition) is 0. The zero-order chi connectivity index (χ0) is 9.80. The molecule has 4 heteroatoms. The van der Waals surface area contributed by atoms with Gasteiger partial charge in [0.05, 0.1) is 11.9 Å². The molecule has 0 radical (unpaired) electrons. The van der Waals surface area contributed by atoms with Gasteiger partial charge in [0.25, 0.3) is 0 Å². The third kappa shape index (κ3) is 1.96. The smallest absolute Gasteiger partial charge is 0.157 e. The van der Waals surface area contributed by atoms with Gasteiger partial charge in [-0.25, -0.2) is 0 Å². The van der Waals surface area contributed by atoms with Gasteiger partial charge in [0.1, 0.15) is 18.3 Å². The summed E-state index contributed by atoms with van der Waals surface area (Å²) in [6.07, 6.45) is 6.57. The molecule has 2 aliphatic heterocycles. The van der Waals surface area contributed by atoms with E-state index in [2.05, 4.69) is 6.58 Å². The van der Waals surface area contributed by atoms with Crippen molar-refractivity contribution in [3.05, 3.63) is 36.7 Å². The van der Waals surface area contributed by atoms with Crippen LogP contribution in [0.4, 0.5) is 0 Å². The van der Waals surface area contributed by atoms with Crippen LogP contribution >= 0.6 is 12.0 Å². The predicted molar refractivity (Wildman–Crippen MR) is 55.1 cm³/mol. The number of hydrogen-bond acceptors (Lipinski definition) is 4. The second-order valence-corrected chi connectivity index (χ2v) is 3.98. The van der Waals surface area contributed by atoms with Gasteiger partial charge in [0.15, 0.2) is 5.76 Å². The first-order chi connectivity index (χ1) is 6.92. The van der Waals surface area contributed by atoms with Crippen LogP contribution in [0.25, 0.3) is 0 Å². The molecule has 0 bridgehead atoms. The number of rotatable bonds is 3. The Balaban J connectivity index is 2.13. The summed E-state index contributed by atoms with van der Waals surface area (Å²) in [4.78, 5) is 0. The fourth-order valence-corrected chi connectivity index (χ4v) is 2.20. The first kappa shape index (κ1) is 9.68. The van der Waals surface area contributed by atoms with Crippen molar-refractivity contribution >= 4 is 12.0 Å². The zero-order valence-electron chi connectivity index (χ0n) is 7.77. The van der Waals surface area contributed by atoms with Crippen LogP contribution in [0.2, 0.25) is 0 Å². The molecule has 1 atom stereocenters. The van der Waals surface area contributed by atoms with Crippen LogP contribution in [0.3, 0.4) is 0 Å². The van der Waals surface area contributed by atoms with Crippen molar-refractivity contribution in [1.82, 2.24) is 0 Å². The molecule has 76 valence electrons. The predicted octanol–water partition coefficient (Wildman–Crippen LogP) is 2.73. The lowest BCUT2D eigenvalue weighted by Gasteiger charge is -2.18. The maximum Gasteiger partial charge on any atom is 0.157 e. The highest BCUT2D eigenvalue weighted by molar-refractivity contribution is 7.95.